The first kappa shape index (κ1) is 21.7. The van der Waals surface area contributed by atoms with Gasteiger partial charge in [-0.3, -0.25) is 9.97 Å². The molecule has 2 aromatic rings. The average Bonchev–Trinajstić information content (AvgIpc) is 2.65. The summed E-state index contributed by atoms with van der Waals surface area (Å²) in [5.41, 5.74) is 3.37. The average molecular weight is 408 g/mol. The third kappa shape index (κ3) is 7.87. The van der Waals surface area contributed by atoms with Gasteiger partial charge in [0, 0.05) is 24.2 Å². The molecular weight excluding hydrogens is 381 g/mol. The molecule has 1 aliphatic carbocycles. The molecule has 0 saturated heterocycles. The van der Waals surface area contributed by atoms with E-state index in [1.165, 1.54) is 19.3 Å². The molecule has 1 N–H and O–H groups in total. The Bertz CT molecular complexity index is 725. The van der Waals surface area contributed by atoms with Gasteiger partial charge in [-0.15, -0.1) is 0 Å². The fourth-order valence-electron chi connectivity index (χ4n) is 2.36. The van der Waals surface area contributed by atoms with Crippen molar-refractivity contribution in [2.24, 2.45) is 0 Å². The molecule has 2 aromatic heterocycles. The van der Waals surface area contributed by atoms with E-state index in [1.54, 1.807) is 24.0 Å². The van der Waals surface area contributed by atoms with Gasteiger partial charge in [0.05, 0.1) is 10.7 Å². The second-order valence-electron chi connectivity index (χ2n) is 6.32. The Morgan fingerprint density at radius 3 is 2.48 bits per heavy atom. The zero-order valence-corrected chi connectivity index (χ0v) is 17.5. The van der Waals surface area contributed by atoms with Crippen molar-refractivity contribution in [1.82, 2.24) is 15.3 Å². The van der Waals surface area contributed by atoms with Crippen LogP contribution in [0, 0.1) is 0 Å². The van der Waals surface area contributed by atoms with Gasteiger partial charge in [-0.25, -0.2) is 0 Å². The Hall–Kier alpha value is -1.62. The molecule has 6 heteroatoms. The number of nitrogens with zero attached hydrogens (tertiary/aromatic N) is 2. The van der Waals surface area contributed by atoms with E-state index in [0.717, 1.165) is 30.8 Å². The van der Waals surface area contributed by atoms with Crippen molar-refractivity contribution >= 4 is 23.2 Å². The van der Waals surface area contributed by atoms with Gasteiger partial charge in [0.15, 0.2) is 0 Å². The molecular formula is C21H27Cl2N3O. The topological polar surface area (TPSA) is 47.0 Å². The van der Waals surface area contributed by atoms with Crippen molar-refractivity contribution in [3.05, 3.63) is 63.7 Å². The minimum Gasteiger partial charge on any atom is -0.486 e. The van der Waals surface area contributed by atoms with Crippen LogP contribution in [0.4, 0.5) is 0 Å². The molecule has 3 rings (SSSR count). The van der Waals surface area contributed by atoms with Gasteiger partial charge in [-0.05, 0) is 57.8 Å². The highest BCUT2D eigenvalue weighted by Crippen LogP contribution is 2.27. The van der Waals surface area contributed by atoms with Crippen LogP contribution in [0.15, 0.2) is 42.2 Å². The zero-order valence-electron chi connectivity index (χ0n) is 16.0. The highest BCUT2D eigenvalue weighted by Gasteiger charge is 2.08. The van der Waals surface area contributed by atoms with Gasteiger partial charge >= 0.3 is 0 Å². The molecule has 4 nitrogen and oxygen atoms in total. The monoisotopic (exact) mass is 407 g/mol. The lowest BCUT2D eigenvalue weighted by Crippen LogP contribution is -2.01. The molecule has 0 radical (unpaired) electrons. The van der Waals surface area contributed by atoms with Gasteiger partial charge < -0.3 is 10.1 Å². The Morgan fingerprint density at radius 2 is 1.89 bits per heavy atom. The molecule has 0 spiro atoms. The van der Waals surface area contributed by atoms with Crippen LogP contribution in [0.5, 0.6) is 5.75 Å². The first-order valence-electron chi connectivity index (χ1n) is 9.32. The molecule has 0 amide bonds. The molecule has 0 atom stereocenters. The number of pyridine rings is 2. The molecule has 146 valence electrons. The van der Waals surface area contributed by atoms with E-state index in [0.29, 0.717) is 22.4 Å². The maximum Gasteiger partial charge on any atom is 0.141 e. The molecule has 1 saturated carbocycles. The smallest absolute Gasteiger partial charge is 0.141 e. The summed E-state index contributed by atoms with van der Waals surface area (Å²) in [5.74, 6) is 0.643. The fourth-order valence-corrected chi connectivity index (χ4v) is 2.63. The molecule has 2 heterocycles. The van der Waals surface area contributed by atoms with Crippen molar-refractivity contribution in [1.29, 1.82) is 0 Å². The summed E-state index contributed by atoms with van der Waals surface area (Å²) < 4.78 is 5.77. The maximum absolute atomic E-state index is 6.16. The highest BCUT2D eigenvalue weighted by atomic mass is 35.5. The number of ether oxygens (including phenoxy) is 1. The molecule has 1 aliphatic rings. The predicted octanol–water partition coefficient (Wildman–Crippen LogP) is 5.63. The summed E-state index contributed by atoms with van der Waals surface area (Å²) in [6.45, 7) is 3.49. The molecule has 1 fully saturated rings. The first-order valence-corrected chi connectivity index (χ1v) is 10.1. The van der Waals surface area contributed by atoms with E-state index < -0.39 is 0 Å². The number of rotatable bonds is 7. The number of hydrogen-bond donors (Lipinski definition) is 1. The summed E-state index contributed by atoms with van der Waals surface area (Å²) in [4.78, 5) is 8.58. The Labute approximate surface area is 172 Å². The van der Waals surface area contributed by atoms with Gasteiger partial charge in [0.2, 0.25) is 0 Å². The van der Waals surface area contributed by atoms with Gasteiger partial charge in [0.25, 0.3) is 0 Å². The number of hydrogen-bond acceptors (Lipinski definition) is 4. The molecule has 0 unspecified atom stereocenters. The summed E-state index contributed by atoms with van der Waals surface area (Å²) >= 11 is 12.0. The van der Waals surface area contributed by atoms with E-state index in [9.17, 15) is 0 Å². The maximum atomic E-state index is 6.16. The minimum atomic E-state index is 0.352. The van der Waals surface area contributed by atoms with Crippen LogP contribution in [-0.4, -0.2) is 23.6 Å². The number of aromatic nitrogens is 2. The van der Waals surface area contributed by atoms with Gasteiger partial charge in [-0.1, -0.05) is 41.8 Å². The van der Waals surface area contributed by atoms with Gasteiger partial charge in [0.1, 0.15) is 17.4 Å². The Kier molecular flexibility index (Phi) is 9.60. The molecule has 0 aliphatic heterocycles. The van der Waals surface area contributed by atoms with Crippen molar-refractivity contribution in [3.63, 3.8) is 0 Å². The van der Waals surface area contributed by atoms with Crippen LogP contribution in [0.3, 0.4) is 0 Å². The summed E-state index contributed by atoms with van der Waals surface area (Å²) in [6, 6.07) is 5.54. The highest BCUT2D eigenvalue weighted by molar-refractivity contribution is 6.31. The normalized spacial score (nSPS) is 12.7. The van der Waals surface area contributed by atoms with Crippen LogP contribution >= 0.6 is 23.2 Å². The summed E-state index contributed by atoms with van der Waals surface area (Å²) in [6.07, 6.45) is 11.4. The van der Waals surface area contributed by atoms with E-state index >= 15 is 0 Å². The first-order chi connectivity index (χ1) is 13.1. The number of aryl methyl sites for hydroxylation is 1. The van der Waals surface area contributed by atoms with E-state index in [1.807, 2.05) is 19.2 Å². The van der Waals surface area contributed by atoms with Crippen molar-refractivity contribution < 1.29 is 4.74 Å². The fraction of sp³-hybridized carbons (Fsp3) is 0.429. The van der Waals surface area contributed by atoms with Crippen LogP contribution in [0.25, 0.3) is 0 Å². The van der Waals surface area contributed by atoms with Crippen molar-refractivity contribution in [2.75, 3.05) is 13.6 Å². The second-order valence-corrected chi connectivity index (χ2v) is 7.17. The number of halogens is 2. The van der Waals surface area contributed by atoms with E-state index in [4.69, 9.17) is 27.9 Å². The van der Waals surface area contributed by atoms with Crippen LogP contribution in [0.2, 0.25) is 10.0 Å². The second kappa shape index (κ2) is 12.0. The lowest BCUT2D eigenvalue weighted by Gasteiger charge is -2.15. The minimum absolute atomic E-state index is 0.352. The quantitative estimate of drug-likeness (QED) is 0.603. The van der Waals surface area contributed by atoms with Crippen molar-refractivity contribution in [3.8, 4) is 5.75 Å². The molecule has 27 heavy (non-hydrogen) atoms. The lowest BCUT2D eigenvalue weighted by molar-refractivity contribution is 0.301. The van der Waals surface area contributed by atoms with Crippen molar-refractivity contribution in [2.45, 2.75) is 45.6 Å². The third-order valence-corrected chi connectivity index (χ3v) is 4.73. The largest absolute Gasteiger partial charge is 0.486 e. The van der Waals surface area contributed by atoms with E-state index in [2.05, 4.69) is 28.3 Å². The SMILES string of the molecule is CCNC.Clc1ccc(COc2cc(CCC=C3CCC3)ncc2Cl)nc1. The molecule has 0 bridgehead atoms. The Morgan fingerprint density at radius 1 is 1.15 bits per heavy atom. The van der Waals surface area contributed by atoms with Crippen LogP contribution in [-0.2, 0) is 13.0 Å². The number of nitrogens with one attached hydrogen (secondary N) is 1. The zero-order chi connectivity index (χ0) is 19.5. The van der Waals surface area contributed by atoms with Crippen LogP contribution in [0.1, 0.15) is 44.0 Å². The summed E-state index contributed by atoms with van der Waals surface area (Å²) in [5, 5.41) is 4.05. The van der Waals surface area contributed by atoms with Gasteiger partial charge in [-0.2, -0.15) is 0 Å². The predicted molar refractivity (Wildman–Crippen MR) is 113 cm³/mol. The lowest BCUT2D eigenvalue weighted by atomic mass is 9.91. The van der Waals surface area contributed by atoms with E-state index in [-0.39, 0.29) is 0 Å². The van der Waals surface area contributed by atoms with Crippen LogP contribution < -0.4 is 10.1 Å². The number of allylic oxidation sites excluding steroid dienone is 2. The third-order valence-electron chi connectivity index (χ3n) is 4.22. The Balaban J connectivity index is 0.000000596. The summed E-state index contributed by atoms with van der Waals surface area (Å²) in [7, 11) is 1.93. The standard InChI is InChI=1S/C18H18Cl2N2O.C3H9N/c19-14-7-8-16(21-10-14)12-23-18-9-15(22-11-17(18)20)6-2-5-13-3-1-4-13;1-3-4-2/h5,7-11H,1-4,6,12H2;4H,3H2,1-2H3. The molecule has 0 aromatic carbocycles.